The molecule has 1 unspecified atom stereocenters. The van der Waals surface area contributed by atoms with Crippen molar-refractivity contribution >= 4 is 27.5 Å². The topological polar surface area (TPSA) is 33.5 Å². The van der Waals surface area contributed by atoms with Gasteiger partial charge in [0.25, 0.3) is 5.91 Å². The monoisotopic (exact) mass is 415 g/mol. The molecule has 0 radical (unpaired) electrons. The number of benzene rings is 2. The molecule has 25 heavy (non-hydrogen) atoms. The number of alkyl halides is 3. The fraction of sp³-hybridized carbons (Fsp3) is 0.278. The lowest BCUT2D eigenvalue weighted by Gasteiger charge is -2.15. The summed E-state index contributed by atoms with van der Waals surface area (Å²) < 4.78 is 38.5. The molecule has 134 valence electrons. The van der Waals surface area contributed by atoms with Gasteiger partial charge in [-0.2, -0.15) is 13.2 Å². The average Bonchev–Trinajstić information content (AvgIpc) is 2.49. The first-order chi connectivity index (χ1) is 11.6. The second-order valence-corrected chi connectivity index (χ2v) is 6.89. The quantitative estimate of drug-likeness (QED) is 0.770. The Bertz CT molecular complexity index is 745. The predicted octanol–water partition coefficient (Wildman–Crippen LogP) is 3.43. The number of carbonyl (C=O) groups excluding carboxylic acids is 1. The van der Waals surface area contributed by atoms with Crippen molar-refractivity contribution in [1.82, 2.24) is 0 Å². The van der Waals surface area contributed by atoms with E-state index in [1.807, 2.05) is 32.2 Å². The summed E-state index contributed by atoms with van der Waals surface area (Å²) in [5.41, 5.74) is 1.85. The summed E-state index contributed by atoms with van der Waals surface area (Å²) >= 11 is 3.40. The standard InChI is InChI=1S/C18H18BrF3N2O/c1-12-3-8-16(15(19)9-12)23-17(25)11-24(2)10-13-4-6-14(7-5-13)18(20,21)22/h3-9H,10-11H2,1-2H3,(H,23,25)/p+1. The number of aryl methyl sites for hydroxylation is 1. The zero-order valence-corrected chi connectivity index (χ0v) is 15.5. The van der Waals surface area contributed by atoms with Gasteiger partial charge in [-0.05, 0) is 52.7 Å². The summed E-state index contributed by atoms with van der Waals surface area (Å²) in [6.07, 6.45) is -4.33. The molecule has 2 aromatic carbocycles. The fourth-order valence-electron chi connectivity index (χ4n) is 2.41. The van der Waals surface area contributed by atoms with Gasteiger partial charge in [0.15, 0.2) is 6.54 Å². The Hall–Kier alpha value is -1.86. The Morgan fingerprint density at radius 3 is 2.36 bits per heavy atom. The van der Waals surface area contributed by atoms with Crippen LogP contribution < -0.4 is 10.2 Å². The number of halogens is 4. The molecule has 0 aromatic heterocycles. The molecule has 2 N–H and O–H groups in total. The molecule has 3 nitrogen and oxygen atoms in total. The maximum absolute atomic E-state index is 12.6. The first-order valence-electron chi connectivity index (χ1n) is 7.68. The van der Waals surface area contributed by atoms with Crippen molar-refractivity contribution in [2.45, 2.75) is 19.6 Å². The predicted molar refractivity (Wildman–Crippen MR) is 94.4 cm³/mol. The third kappa shape index (κ3) is 5.86. The molecule has 0 saturated heterocycles. The van der Waals surface area contributed by atoms with Gasteiger partial charge in [0.2, 0.25) is 0 Å². The Kier molecular flexibility index (Phi) is 6.24. The lowest BCUT2D eigenvalue weighted by atomic mass is 10.1. The molecule has 1 atom stereocenters. The molecule has 0 fully saturated rings. The van der Waals surface area contributed by atoms with Gasteiger partial charge in [-0.25, -0.2) is 0 Å². The van der Waals surface area contributed by atoms with Crippen LogP contribution in [0, 0.1) is 6.92 Å². The van der Waals surface area contributed by atoms with Gasteiger partial charge in [0.05, 0.1) is 18.3 Å². The zero-order valence-electron chi connectivity index (χ0n) is 13.9. The number of amides is 1. The van der Waals surface area contributed by atoms with Crippen molar-refractivity contribution in [2.75, 3.05) is 18.9 Å². The van der Waals surface area contributed by atoms with Gasteiger partial charge < -0.3 is 10.2 Å². The first kappa shape index (κ1) is 19.5. The van der Waals surface area contributed by atoms with E-state index in [-0.39, 0.29) is 12.5 Å². The molecule has 0 aliphatic rings. The summed E-state index contributed by atoms with van der Waals surface area (Å²) in [4.78, 5) is 13.0. The number of hydrogen-bond acceptors (Lipinski definition) is 1. The van der Waals surface area contributed by atoms with E-state index in [9.17, 15) is 18.0 Å². The Morgan fingerprint density at radius 2 is 1.80 bits per heavy atom. The van der Waals surface area contributed by atoms with Crippen molar-refractivity contribution in [2.24, 2.45) is 0 Å². The first-order valence-corrected chi connectivity index (χ1v) is 8.48. The van der Waals surface area contributed by atoms with Crippen molar-refractivity contribution < 1.29 is 22.9 Å². The fourth-order valence-corrected chi connectivity index (χ4v) is 3.00. The number of rotatable bonds is 5. The summed E-state index contributed by atoms with van der Waals surface area (Å²) in [7, 11) is 1.82. The molecule has 1 amide bonds. The molecule has 0 bridgehead atoms. The normalized spacial score (nSPS) is 12.7. The van der Waals surface area contributed by atoms with E-state index in [0.717, 1.165) is 32.6 Å². The minimum absolute atomic E-state index is 0.158. The van der Waals surface area contributed by atoms with Crippen LogP contribution in [0.4, 0.5) is 18.9 Å². The Morgan fingerprint density at radius 1 is 1.16 bits per heavy atom. The summed E-state index contributed by atoms with van der Waals surface area (Å²) in [6, 6.07) is 10.6. The number of hydrogen-bond donors (Lipinski definition) is 2. The minimum Gasteiger partial charge on any atom is -0.326 e. The van der Waals surface area contributed by atoms with Crippen LogP contribution in [-0.4, -0.2) is 19.5 Å². The SMILES string of the molecule is Cc1ccc(NC(=O)C[NH+](C)Cc2ccc(C(F)(F)F)cc2)c(Br)c1. The maximum atomic E-state index is 12.6. The minimum atomic E-state index is -4.33. The largest absolute Gasteiger partial charge is 0.416 e. The molecular formula is C18H19BrF3N2O+. The highest BCUT2D eigenvalue weighted by molar-refractivity contribution is 9.10. The maximum Gasteiger partial charge on any atom is 0.416 e. The lowest BCUT2D eigenvalue weighted by Crippen LogP contribution is -3.08. The number of likely N-dealkylation sites (N-methyl/N-ethyl adjacent to an activating group) is 1. The third-order valence-electron chi connectivity index (χ3n) is 3.65. The van der Waals surface area contributed by atoms with E-state index in [4.69, 9.17) is 0 Å². The van der Waals surface area contributed by atoms with E-state index in [0.29, 0.717) is 12.2 Å². The van der Waals surface area contributed by atoms with Crippen LogP contribution in [-0.2, 0) is 17.5 Å². The van der Waals surface area contributed by atoms with Crippen molar-refractivity contribution in [3.8, 4) is 0 Å². The van der Waals surface area contributed by atoms with Crippen LogP contribution in [0.15, 0.2) is 46.9 Å². The highest BCUT2D eigenvalue weighted by Crippen LogP contribution is 2.29. The molecule has 0 aliphatic carbocycles. The van der Waals surface area contributed by atoms with Gasteiger partial charge >= 0.3 is 6.18 Å². The van der Waals surface area contributed by atoms with Gasteiger partial charge in [-0.1, -0.05) is 18.2 Å². The van der Waals surface area contributed by atoms with Crippen LogP contribution >= 0.6 is 15.9 Å². The van der Waals surface area contributed by atoms with Gasteiger partial charge in [-0.3, -0.25) is 4.79 Å². The second-order valence-electron chi connectivity index (χ2n) is 6.04. The van der Waals surface area contributed by atoms with E-state index in [1.54, 1.807) is 0 Å². The molecule has 0 aliphatic heterocycles. The van der Waals surface area contributed by atoms with Crippen LogP contribution in [0.2, 0.25) is 0 Å². The lowest BCUT2D eigenvalue weighted by molar-refractivity contribution is -0.885. The van der Waals surface area contributed by atoms with Crippen LogP contribution in [0.5, 0.6) is 0 Å². The molecular weight excluding hydrogens is 397 g/mol. The summed E-state index contributed by atoms with van der Waals surface area (Å²) in [5.74, 6) is -0.158. The van der Waals surface area contributed by atoms with Crippen molar-refractivity contribution in [1.29, 1.82) is 0 Å². The second kappa shape index (κ2) is 8.01. The van der Waals surface area contributed by atoms with Crippen molar-refractivity contribution in [3.05, 3.63) is 63.6 Å². The van der Waals surface area contributed by atoms with E-state index in [2.05, 4.69) is 21.2 Å². The smallest absolute Gasteiger partial charge is 0.326 e. The van der Waals surface area contributed by atoms with Gasteiger partial charge in [0.1, 0.15) is 6.54 Å². The van der Waals surface area contributed by atoms with Crippen LogP contribution in [0.25, 0.3) is 0 Å². The Labute approximate surface area is 153 Å². The number of anilines is 1. The summed E-state index contributed by atoms with van der Waals surface area (Å²) in [6.45, 7) is 2.63. The van der Waals surface area contributed by atoms with E-state index < -0.39 is 11.7 Å². The summed E-state index contributed by atoms with van der Waals surface area (Å²) in [5, 5.41) is 2.83. The molecule has 0 spiro atoms. The zero-order chi connectivity index (χ0) is 18.6. The highest BCUT2D eigenvalue weighted by atomic mass is 79.9. The molecule has 2 aromatic rings. The number of carbonyl (C=O) groups is 1. The van der Waals surface area contributed by atoms with E-state index >= 15 is 0 Å². The Balaban J connectivity index is 1.91. The molecule has 0 heterocycles. The van der Waals surface area contributed by atoms with Crippen LogP contribution in [0.3, 0.4) is 0 Å². The van der Waals surface area contributed by atoms with E-state index in [1.165, 1.54) is 12.1 Å². The molecule has 7 heteroatoms. The number of quaternary nitrogens is 1. The van der Waals surface area contributed by atoms with Gasteiger partial charge in [-0.15, -0.1) is 0 Å². The van der Waals surface area contributed by atoms with Crippen molar-refractivity contribution in [3.63, 3.8) is 0 Å². The third-order valence-corrected chi connectivity index (χ3v) is 4.30. The number of nitrogens with one attached hydrogen (secondary N) is 2. The van der Waals surface area contributed by atoms with Crippen LogP contribution in [0.1, 0.15) is 16.7 Å². The molecule has 2 rings (SSSR count). The van der Waals surface area contributed by atoms with Gasteiger partial charge in [0, 0.05) is 10.0 Å². The highest BCUT2D eigenvalue weighted by Gasteiger charge is 2.30. The average molecular weight is 416 g/mol. The molecule has 0 saturated carbocycles.